The van der Waals surface area contributed by atoms with Crippen molar-refractivity contribution in [3.05, 3.63) is 34.9 Å². The lowest BCUT2D eigenvalue weighted by atomic mass is 9.87. The predicted molar refractivity (Wildman–Crippen MR) is 87.4 cm³/mol. The highest BCUT2D eigenvalue weighted by Crippen LogP contribution is 2.29. The summed E-state index contributed by atoms with van der Waals surface area (Å²) in [6, 6.07) is 6.60. The molecule has 0 amide bonds. The largest absolute Gasteiger partial charge is 0.469 e. The molecule has 0 aromatic heterocycles. The van der Waals surface area contributed by atoms with Crippen LogP contribution in [0.15, 0.2) is 18.2 Å². The first-order chi connectivity index (χ1) is 9.86. The van der Waals surface area contributed by atoms with Crippen LogP contribution in [0.4, 0.5) is 0 Å². The van der Waals surface area contributed by atoms with Gasteiger partial charge in [0.25, 0.3) is 0 Å². The second-order valence-electron chi connectivity index (χ2n) is 6.27. The summed E-state index contributed by atoms with van der Waals surface area (Å²) in [4.78, 5) is 11.2. The average Bonchev–Trinajstić information content (AvgIpc) is 2.45. The Labute approximate surface area is 128 Å². The quantitative estimate of drug-likeness (QED) is 0.763. The lowest BCUT2D eigenvalue weighted by molar-refractivity contribution is -0.140. The molecule has 1 aromatic rings. The van der Waals surface area contributed by atoms with Crippen LogP contribution in [0.5, 0.6) is 0 Å². The summed E-state index contributed by atoms with van der Waals surface area (Å²) in [6.07, 6.45) is 2.00. The molecule has 1 unspecified atom stereocenters. The monoisotopic (exact) mass is 291 g/mol. The molecule has 0 heterocycles. The topological polar surface area (TPSA) is 52.3 Å². The Balaban J connectivity index is 2.83. The normalized spacial score (nSPS) is 12.8. The zero-order chi connectivity index (χ0) is 16.0. The number of carbonyl (C=O) groups is 1. The summed E-state index contributed by atoms with van der Waals surface area (Å²) >= 11 is 0. The van der Waals surface area contributed by atoms with Gasteiger partial charge in [0.2, 0.25) is 0 Å². The molecule has 0 bridgehead atoms. The van der Waals surface area contributed by atoms with Crippen molar-refractivity contribution in [2.24, 2.45) is 5.73 Å². The number of hydrogen-bond donors (Lipinski definition) is 1. The molecule has 0 aliphatic carbocycles. The van der Waals surface area contributed by atoms with Crippen molar-refractivity contribution < 1.29 is 9.53 Å². The third-order valence-corrected chi connectivity index (χ3v) is 3.92. The zero-order valence-corrected chi connectivity index (χ0v) is 14.0. The fourth-order valence-electron chi connectivity index (χ4n) is 2.51. The van der Waals surface area contributed by atoms with E-state index >= 15 is 0 Å². The van der Waals surface area contributed by atoms with E-state index < -0.39 is 0 Å². The lowest BCUT2D eigenvalue weighted by Crippen LogP contribution is -2.14. The van der Waals surface area contributed by atoms with Gasteiger partial charge >= 0.3 is 5.97 Å². The third kappa shape index (κ3) is 5.16. The third-order valence-electron chi connectivity index (χ3n) is 3.92. The van der Waals surface area contributed by atoms with Gasteiger partial charge in [-0.05, 0) is 41.4 Å². The number of carbonyl (C=O) groups excluding carboxylic acids is 1. The molecule has 1 rings (SSSR count). The van der Waals surface area contributed by atoms with Crippen LogP contribution in [0, 0.1) is 0 Å². The van der Waals surface area contributed by atoms with Crippen LogP contribution in [0.3, 0.4) is 0 Å². The molecule has 1 atom stereocenters. The predicted octanol–water partition coefficient (Wildman–Crippen LogP) is 4.28. The van der Waals surface area contributed by atoms with E-state index in [0.29, 0.717) is 18.3 Å². The Morgan fingerprint density at radius 1 is 1.14 bits per heavy atom. The molecule has 0 aliphatic heterocycles. The van der Waals surface area contributed by atoms with Crippen LogP contribution < -0.4 is 5.73 Å². The van der Waals surface area contributed by atoms with Gasteiger partial charge in [0.15, 0.2) is 0 Å². The fourth-order valence-corrected chi connectivity index (χ4v) is 2.51. The maximum atomic E-state index is 11.2. The summed E-state index contributed by atoms with van der Waals surface area (Å²) in [5.74, 6) is 0.805. The smallest absolute Gasteiger partial charge is 0.305 e. The molecular weight excluding hydrogens is 262 g/mol. The van der Waals surface area contributed by atoms with Crippen LogP contribution in [-0.4, -0.2) is 13.1 Å². The fraction of sp³-hybridized carbons (Fsp3) is 0.611. The van der Waals surface area contributed by atoms with Crippen LogP contribution in [0.1, 0.15) is 81.5 Å². The minimum absolute atomic E-state index is 0.0201. The van der Waals surface area contributed by atoms with Gasteiger partial charge in [-0.2, -0.15) is 0 Å². The summed E-state index contributed by atoms with van der Waals surface area (Å²) in [5.41, 5.74) is 10.2. The summed E-state index contributed by atoms with van der Waals surface area (Å²) < 4.78 is 4.66. The van der Waals surface area contributed by atoms with Gasteiger partial charge in [-0.3, -0.25) is 4.79 Å². The van der Waals surface area contributed by atoms with Crippen molar-refractivity contribution in [1.29, 1.82) is 0 Å². The van der Waals surface area contributed by atoms with E-state index in [1.807, 2.05) is 0 Å². The van der Waals surface area contributed by atoms with Gasteiger partial charge in [-0.25, -0.2) is 0 Å². The van der Waals surface area contributed by atoms with Crippen molar-refractivity contribution >= 4 is 5.97 Å². The molecule has 3 nitrogen and oxygen atoms in total. The Morgan fingerprint density at radius 3 is 2.33 bits per heavy atom. The second kappa shape index (κ2) is 8.18. The first kappa shape index (κ1) is 17.7. The number of methoxy groups -OCH3 is 1. The van der Waals surface area contributed by atoms with Crippen molar-refractivity contribution in [3.8, 4) is 0 Å². The Bertz CT molecular complexity index is 466. The number of ether oxygens (including phenoxy) is 1. The van der Waals surface area contributed by atoms with E-state index in [1.54, 1.807) is 0 Å². The molecule has 0 fully saturated rings. The van der Waals surface area contributed by atoms with Crippen molar-refractivity contribution in [1.82, 2.24) is 0 Å². The number of benzene rings is 1. The van der Waals surface area contributed by atoms with Crippen LogP contribution in [0.2, 0.25) is 0 Å². The van der Waals surface area contributed by atoms with E-state index in [-0.39, 0.29) is 12.0 Å². The van der Waals surface area contributed by atoms with Crippen LogP contribution in [0.25, 0.3) is 0 Å². The molecule has 3 heteroatoms. The van der Waals surface area contributed by atoms with Gasteiger partial charge in [-0.1, -0.05) is 45.9 Å². The summed E-state index contributed by atoms with van der Waals surface area (Å²) in [7, 11) is 1.42. The summed E-state index contributed by atoms with van der Waals surface area (Å²) in [5, 5.41) is 0. The maximum Gasteiger partial charge on any atom is 0.305 e. The first-order valence-corrected chi connectivity index (χ1v) is 7.83. The molecule has 0 saturated carbocycles. The van der Waals surface area contributed by atoms with Gasteiger partial charge in [-0.15, -0.1) is 0 Å². The highest BCUT2D eigenvalue weighted by Gasteiger charge is 2.15. The van der Waals surface area contributed by atoms with Gasteiger partial charge < -0.3 is 10.5 Å². The lowest BCUT2D eigenvalue weighted by Gasteiger charge is -2.21. The average molecular weight is 291 g/mol. The Morgan fingerprint density at radius 2 is 1.81 bits per heavy atom. The highest BCUT2D eigenvalue weighted by molar-refractivity contribution is 5.69. The maximum absolute atomic E-state index is 11.2. The Kier molecular flexibility index (Phi) is 6.90. The molecule has 21 heavy (non-hydrogen) atoms. The molecule has 0 spiro atoms. The Hall–Kier alpha value is -1.35. The second-order valence-corrected chi connectivity index (χ2v) is 6.27. The standard InChI is InChI=1S/C18H29NO2/c1-12(2)14-9-10-15(16(11-14)13(3)4)17(19)7-6-8-18(20)21-5/h9-13,17H,6-8,19H2,1-5H3. The molecule has 0 saturated heterocycles. The van der Waals surface area contributed by atoms with Crippen molar-refractivity contribution in [2.75, 3.05) is 7.11 Å². The van der Waals surface area contributed by atoms with E-state index in [9.17, 15) is 4.79 Å². The molecular formula is C18H29NO2. The zero-order valence-electron chi connectivity index (χ0n) is 14.0. The molecule has 118 valence electrons. The number of nitrogens with two attached hydrogens (primary N) is 1. The summed E-state index contributed by atoms with van der Waals surface area (Å²) in [6.45, 7) is 8.80. The van der Waals surface area contributed by atoms with Gasteiger partial charge in [0.1, 0.15) is 0 Å². The number of esters is 1. The first-order valence-electron chi connectivity index (χ1n) is 7.83. The highest BCUT2D eigenvalue weighted by atomic mass is 16.5. The van der Waals surface area contributed by atoms with Gasteiger partial charge in [0, 0.05) is 12.5 Å². The SMILES string of the molecule is COC(=O)CCCC(N)c1ccc(C(C)C)cc1C(C)C. The van der Waals surface area contributed by atoms with E-state index in [2.05, 4.69) is 50.6 Å². The van der Waals surface area contributed by atoms with Crippen LogP contribution in [-0.2, 0) is 9.53 Å². The van der Waals surface area contributed by atoms with E-state index in [4.69, 9.17) is 5.73 Å². The minimum atomic E-state index is -0.165. The van der Waals surface area contributed by atoms with E-state index in [0.717, 1.165) is 12.8 Å². The van der Waals surface area contributed by atoms with Crippen molar-refractivity contribution in [3.63, 3.8) is 0 Å². The number of rotatable bonds is 7. The van der Waals surface area contributed by atoms with Crippen LogP contribution >= 0.6 is 0 Å². The molecule has 0 radical (unpaired) electrons. The van der Waals surface area contributed by atoms with Crippen molar-refractivity contribution in [2.45, 2.75) is 64.8 Å². The number of hydrogen-bond acceptors (Lipinski definition) is 3. The molecule has 0 aliphatic rings. The molecule has 1 aromatic carbocycles. The van der Waals surface area contributed by atoms with E-state index in [1.165, 1.54) is 23.8 Å². The minimum Gasteiger partial charge on any atom is -0.469 e. The molecule has 2 N–H and O–H groups in total. The van der Waals surface area contributed by atoms with Gasteiger partial charge in [0.05, 0.1) is 7.11 Å².